The molecule has 1 atom stereocenters. The highest BCUT2D eigenvalue weighted by molar-refractivity contribution is 7.07. The summed E-state index contributed by atoms with van der Waals surface area (Å²) in [4.78, 5) is 0. The van der Waals surface area contributed by atoms with E-state index in [1.807, 2.05) is 6.07 Å². The molecule has 1 nitrogen and oxygen atoms in total. The average Bonchev–Trinajstić information content (AvgIpc) is 2.93. The van der Waals surface area contributed by atoms with Crippen LogP contribution in [0.1, 0.15) is 24.5 Å². The van der Waals surface area contributed by atoms with E-state index in [0.29, 0.717) is 6.04 Å². The third-order valence-electron chi connectivity index (χ3n) is 3.21. The van der Waals surface area contributed by atoms with Crippen molar-refractivity contribution in [3.63, 3.8) is 0 Å². The van der Waals surface area contributed by atoms with Crippen LogP contribution in [0.2, 0.25) is 5.02 Å². The minimum Gasteiger partial charge on any atom is -0.313 e. The third-order valence-corrected chi connectivity index (χ3v) is 4.23. The van der Waals surface area contributed by atoms with Crippen LogP contribution in [0.4, 0.5) is 4.39 Å². The number of nitrogens with one attached hydrogen (secondary N) is 1. The molecular formula is C16H19ClFNS. The first-order valence-corrected chi connectivity index (χ1v) is 8.19. The smallest absolute Gasteiger partial charge is 0.141 e. The standard InChI is InChI=1S/C16H19ClFNS/c1-2-6-19-14(9-13-5-7-20-11-13)8-12-3-4-16(18)15(17)10-12/h3-5,7,10-11,14,19H,2,6,8-9H2,1H3. The van der Waals surface area contributed by atoms with E-state index in [1.165, 1.54) is 11.6 Å². The molecule has 0 saturated heterocycles. The summed E-state index contributed by atoms with van der Waals surface area (Å²) in [5.41, 5.74) is 2.41. The van der Waals surface area contributed by atoms with Gasteiger partial charge in [0.2, 0.25) is 0 Å². The molecule has 1 unspecified atom stereocenters. The van der Waals surface area contributed by atoms with Crippen LogP contribution in [-0.4, -0.2) is 12.6 Å². The number of thiophene rings is 1. The van der Waals surface area contributed by atoms with Gasteiger partial charge < -0.3 is 5.32 Å². The zero-order valence-electron chi connectivity index (χ0n) is 11.5. The maximum atomic E-state index is 13.2. The van der Waals surface area contributed by atoms with Crippen LogP contribution in [0.25, 0.3) is 0 Å². The molecular weight excluding hydrogens is 293 g/mol. The summed E-state index contributed by atoms with van der Waals surface area (Å²) in [7, 11) is 0. The van der Waals surface area contributed by atoms with Crippen molar-refractivity contribution >= 4 is 22.9 Å². The second kappa shape index (κ2) is 7.77. The summed E-state index contributed by atoms with van der Waals surface area (Å²) in [6, 6.07) is 7.49. The van der Waals surface area contributed by atoms with E-state index in [4.69, 9.17) is 11.6 Å². The van der Waals surface area contributed by atoms with Gasteiger partial charge in [0.25, 0.3) is 0 Å². The Hall–Kier alpha value is -0.900. The van der Waals surface area contributed by atoms with Crippen molar-refractivity contribution in [3.05, 3.63) is 57.0 Å². The monoisotopic (exact) mass is 311 g/mol. The Morgan fingerprint density at radius 3 is 2.70 bits per heavy atom. The van der Waals surface area contributed by atoms with E-state index in [2.05, 4.69) is 29.1 Å². The highest BCUT2D eigenvalue weighted by atomic mass is 35.5. The summed E-state index contributed by atoms with van der Waals surface area (Å²) >= 11 is 7.57. The minimum absolute atomic E-state index is 0.201. The number of hydrogen-bond donors (Lipinski definition) is 1. The van der Waals surface area contributed by atoms with E-state index < -0.39 is 0 Å². The maximum absolute atomic E-state index is 13.2. The first-order chi connectivity index (χ1) is 9.69. The van der Waals surface area contributed by atoms with Crippen molar-refractivity contribution in [1.82, 2.24) is 5.32 Å². The van der Waals surface area contributed by atoms with E-state index in [0.717, 1.165) is 31.4 Å². The Kier molecular flexibility index (Phi) is 6.02. The second-order valence-corrected chi connectivity index (χ2v) is 6.13. The van der Waals surface area contributed by atoms with Crippen molar-refractivity contribution in [2.24, 2.45) is 0 Å². The summed E-state index contributed by atoms with van der Waals surface area (Å²) in [5.74, 6) is -0.355. The molecule has 0 amide bonds. The molecule has 2 aromatic rings. The lowest BCUT2D eigenvalue weighted by Crippen LogP contribution is -2.33. The van der Waals surface area contributed by atoms with Crippen molar-refractivity contribution < 1.29 is 4.39 Å². The number of benzene rings is 1. The molecule has 0 aliphatic rings. The number of hydrogen-bond acceptors (Lipinski definition) is 2. The van der Waals surface area contributed by atoms with Gasteiger partial charge in [0, 0.05) is 6.04 Å². The quantitative estimate of drug-likeness (QED) is 0.782. The van der Waals surface area contributed by atoms with Crippen LogP contribution in [0.5, 0.6) is 0 Å². The fourth-order valence-electron chi connectivity index (χ4n) is 2.21. The van der Waals surface area contributed by atoms with Crippen LogP contribution in [0, 0.1) is 5.82 Å². The van der Waals surface area contributed by atoms with Crippen LogP contribution >= 0.6 is 22.9 Å². The average molecular weight is 312 g/mol. The summed E-state index contributed by atoms with van der Waals surface area (Å²) in [6.45, 7) is 3.15. The van der Waals surface area contributed by atoms with Crippen LogP contribution < -0.4 is 5.32 Å². The highest BCUT2D eigenvalue weighted by Gasteiger charge is 2.11. The van der Waals surface area contributed by atoms with Crippen molar-refractivity contribution in [1.29, 1.82) is 0 Å². The van der Waals surface area contributed by atoms with Gasteiger partial charge in [0.15, 0.2) is 0 Å². The molecule has 2 rings (SSSR count). The van der Waals surface area contributed by atoms with Crippen molar-refractivity contribution in [3.8, 4) is 0 Å². The lowest BCUT2D eigenvalue weighted by molar-refractivity contribution is 0.505. The first kappa shape index (κ1) is 15.5. The SMILES string of the molecule is CCCNC(Cc1ccsc1)Cc1ccc(F)c(Cl)c1. The Labute approximate surface area is 128 Å². The van der Waals surface area contributed by atoms with Gasteiger partial charge in [-0.15, -0.1) is 0 Å². The molecule has 1 N–H and O–H groups in total. The molecule has 1 aromatic heterocycles. The fraction of sp³-hybridized carbons (Fsp3) is 0.375. The van der Waals surface area contributed by atoms with Gasteiger partial charge in [-0.3, -0.25) is 0 Å². The Bertz CT molecular complexity index is 527. The van der Waals surface area contributed by atoms with Gasteiger partial charge in [-0.2, -0.15) is 11.3 Å². The maximum Gasteiger partial charge on any atom is 0.141 e. The van der Waals surface area contributed by atoms with Crippen molar-refractivity contribution in [2.75, 3.05) is 6.54 Å². The third kappa shape index (κ3) is 4.58. The Morgan fingerprint density at radius 1 is 1.25 bits per heavy atom. The summed E-state index contributed by atoms with van der Waals surface area (Å²) in [6.07, 6.45) is 2.94. The predicted octanol–water partition coefficient (Wildman–Crippen LogP) is 4.69. The van der Waals surface area contributed by atoms with Crippen molar-refractivity contribution in [2.45, 2.75) is 32.2 Å². The molecule has 108 valence electrons. The van der Waals surface area contributed by atoms with Gasteiger partial charge in [-0.1, -0.05) is 24.6 Å². The van der Waals surface area contributed by atoms with Gasteiger partial charge in [0.05, 0.1) is 5.02 Å². The second-order valence-electron chi connectivity index (χ2n) is 4.94. The molecule has 1 aromatic carbocycles. The normalized spacial score (nSPS) is 12.6. The molecule has 20 heavy (non-hydrogen) atoms. The Morgan fingerprint density at radius 2 is 2.05 bits per heavy atom. The molecule has 1 heterocycles. The fourth-order valence-corrected chi connectivity index (χ4v) is 3.09. The first-order valence-electron chi connectivity index (χ1n) is 6.87. The molecule has 0 spiro atoms. The topological polar surface area (TPSA) is 12.0 Å². The predicted molar refractivity (Wildman–Crippen MR) is 85.2 cm³/mol. The van der Waals surface area contributed by atoms with Gasteiger partial charge in [-0.05, 0) is 65.9 Å². The van der Waals surface area contributed by atoms with Gasteiger partial charge in [0.1, 0.15) is 5.82 Å². The van der Waals surface area contributed by atoms with Crippen LogP contribution in [0.3, 0.4) is 0 Å². The van der Waals surface area contributed by atoms with Gasteiger partial charge >= 0.3 is 0 Å². The number of rotatable bonds is 7. The lowest BCUT2D eigenvalue weighted by atomic mass is 10.0. The van der Waals surface area contributed by atoms with Crippen LogP contribution in [-0.2, 0) is 12.8 Å². The van der Waals surface area contributed by atoms with E-state index >= 15 is 0 Å². The largest absolute Gasteiger partial charge is 0.313 e. The van der Waals surface area contributed by atoms with E-state index in [-0.39, 0.29) is 10.8 Å². The lowest BCUT2D eigenvalue weighted by Gasteiger charge is -2.18. The molecule has 4 heteroatoms. The number of halogens is 2. The molecule has 0 saturated carbocycles. The van der Waals surface area contributed by atoms with E-state index in [9.17, 15) is 4.39 Å². The molecule has 0 aliphatic heterocycles. The summed E-state index contributed by atoms with van der Waals surface area (Å²) < 4.78 is 13.2. The summed E-state index contributed by atoms with van der Waals surface area (Å²) in [5, 5.41) is 8.04. The molecule has 0 aliphatic carbocycles. The highest BCUT2D eigenvalue weighted by Crippen LogP contribution is 2.18. The van der Waals surface area contributed by atoms with Crippen LogP contribution in [0.15, 0.2) is 35.0 Å². The van der Waals surface area contributed by atoms with E-state index in [1.54, 1.807) is 17.4 Å². The molecule has 0 fully saturated rings. The zero-order chi connectivity index (χ0) is 14.4. The zero-order valence-corrected chi connectivity index (χ0v) is 13.1. The van der Waals surface area contributed by atoms with Gasteiger partial charge in [-0.25, -0.2) is 4.39 Å². The Balaban J connectivity index is 2.04. The minimum atomic E-state index is -0.355. The molecule has 0 radical (unpaired) electrons. The molecule has 0 bridgehead atoms.